The molecule has 0 atom stereocenters. The second kappa shape index (κ2) is 6.15. The molecule has 0 aromatic heterocycles. The van der Waals surface area contributed by atoms with Crippen molar-refractivity contribution in [2.45, 2.75) is 13.0 Å². The third-order valence-electron chi connectivity index (χ3n) is 3.79. The van der Waals surface area contributed by atoms with E-state index in [2.05, 4.69) is 67.5 Å². The lowest BCUT2D eigenvalue weighted by molar-refractivity contribution is 0.307. The van der Waals surface area contributed by atoms with Crippen LogP contribution in [-0.4, -0.2) is 25.5 Å². The Morgan fingerprint density at radius 2 is 1.71 bits per heavy atom. The Balaban J connectivity index is 2.07. The van der Waals surface area contributed by atoms with Gasteiger partial charge in [0.2, 0.25) is 0 Å². The van der Waals surface area contributed by atoms with E-state index in [0.29, 0.717) is 6.61 Å². The molecule has 2 aromatic rings. The highest BCUT2D eigenvalue weighted by Crippen LogP contribution is 2.36. The maximum absolute atomic E-state index is 5.98. The van der Waals surface area contributed by atoms with E-state index in [0.717, 1.165) is 18.7 Å². The molecule has 2 aromatic carbocycles. The average Bonchev–Trinajstić information content (AvgIpc) is 2.65. The molecule has 0 saturated heterocycles. The molecule has 2 heteroatoms. The lowest BCUT2D eigenvalue weighted by Gasteiger charge is -2.12. The molecule has 1 aliphatic rings. The van der Waals surface area contributed by atoms with Gasteiger partial charge >= 0.3 is 0 Å². The monoisotopic (exact) mass is 282 g/mol. The zero-order valence-corrected chi connectivity index (χ0v) is 12.7. The van der Waals surface area contributed by atoms with Crippen molar-refractivity contribution < 1.29 is 4.74 Å². The van der Waals surface area contributed by atoms with Gasteiger partial charge in [-0.3, -0.25) is 0 Å². The van der Waals surface area contributed by atoms with Gasteiger partial charge in [0.05, 0.1) is 0 Å². The van der Waals surface area contributed by atoms with Gasteiger partial charge in [0.1, 0.15) is 12.4 Å². The summed E-state index contributed by atoms with van der Waals surface area (Å²) in [6.45, 7) is 1.69. The first-order chi connectivity index (χ1) is 10.3. The number of hydrogen-bond acceptors (Lipinski definition) is 2. The van der Waals surface area contributed by atoms with Gasteiger partial charge in [0.25, 0.3) is 0 Å². The van der Waals surface area contributed by atoms with Crippen molar-refractivity contribution in [2.75, 3.05) is 20.6 Å². The third kappa shape index (κ3) is 3.01. The number of para-hydroxylation sites is 1. The summed E-state index contributed by atoms with van der Waals surface area (Å²) in [4.78, 5) is 2.21. The maximum Gasteiger partial charge on any atom is 0.127 e. The van der Waals surface area contributed by atoms with Crippen molar-refractivity contribution in [3.8, 4) is 5.75 Å². The minimum absolute atomic E-state index is 0.637. The summed E-state index contributed by atoms with van der Waals surface area (Å²) in [6, 6.07) is 16.9. The standard InChI is InChI=1S/C19H21NO/c1-20(2)13-7-11-17-16-9-4-3-8-15(16)14-21-19-12-6-5-10-18(17)19/h3-6,8-12H,7,13-14H2,1-2H3/i7+1,11+1,13+1. The van der Waals surface area contributed by atoms with E-state index < -0.39 is 0 Å². The molecule has 0 amide bonds. The average molecular weight is 282 g/mol. The predicted octanol–water partition coefficient (Wildman–Crippen LogP) is 3.96. The molecule has 0 fully saturated rings. The van der Waals surface area contributed by atoms with E-state index >= 15 is 0 Å². The smallest absolute Gasteiger partial charge is 0.127 e. The summed E-state index contributed by atoms with van der Waals surface area (Å²) in [7, 11) is 4.22. The summed E-state index contributed by atoms with van der Waals surface area (Å²) >= 11 is 0. The minimum Gasteiger partial charge on any atom is -0.488 e. The first-order valence-corrected chi connectivity index (χ1v) is 7.41. The summed E-state index contributed by atoms with van der Waals surface area (Å²) < 4.78 is 5.98. The van der Waals surface area contributed by atoms with E-state index in [9.17, 15) is 0 Å². The van der Waals surface area contributed by atoms with Crippen molar-refractivity contribution in [3.05, 3.63) is 71.3 Å². The van der Waals surface area contributed by atoms with E-state index in [-0.39, 0.29) is 0 Å². The molecule has 0 bridgehead atoms. The number of fused-ring (bicyclic) bond motifs is 2. The number of nitrogens with zero attached hydrogens (tertiary/aromatic N) is 1. The van der Waals surface area contributed by atoms with Crippen molar-refractivity contribution in [1.82, 2.24) is 4.90 Å². The Kier molecular flexibility index (Phi) is 4.07. The molecule has 2 nitrogen and oxygen atoms in total. The summed E-state index contributed by atoms with van der Waals surface area (Å²) in [5.74, 6) is 0.977. The molecule has 0 unspecified atom stereocenters. The molecular formula is C19H21NO. The van der Waals surface area contributed by atoms with Crippen LogP contribution in [0.5, 0.6) is 5.75 Å². The zero-order chi connectivity index (χ0) is 14.7. The summed E-state index contributed by atoms with van der Waals surface area (Å²) in [5, 5.41) is 0. The molecule has 0 saturated carbocycles. The number of rotatable bonds is 3. The van der Waals surface area contributed by atoms with Gasteiger partial charge in [0.15, 0.2) is 0 Å². The molecule has 0 N–H and O–H groups in total. The Hall–Kier alpha value is -2.06. The van der Waals surface area contributed by atoms with Crippen LogP contribution in [-0.2, 0) is 6.61 Å². The van der Waals surface area contributed by atoms with Crippen LogP contribution < -0.4 is 4.74 Å². The van der Waals surface area contributed by atoms with Gasteiger partial charge in [-0.15, -0.1) is 0 Å². The number of ether oxygens (including phenoxy) is 1. The molecule has 21 heavy (non-hydrogen) atoms. The molecular weight excluding hydrogens is 261 g/mol. The van der Waals surface area contributed by atoms with Crippen LogP contribution in [0.3, 0.4) is 0 Å². The van der Waals surface area contributed by atoms with Crippen LogP contribution in [0.1, 0.15) is 23.1 Å². The van der Waals surface area contributed by atoms with Crippen molar-refractivity contribution in [3.63, 3.8) is 0 Å². The van der Waals surface area contributed by atoms with Gasteiger partial charge in [-0.25, -0.2) is 0 Å². The van der Waals surface area contributed by atoms with Crippen LogP contribution in [0.2, 0.25) is 0 Å². The molecule has 108 valence electrons. The summed E-state index contributed by atoms with van der Waals surface area (Å²) in [5.41, 5.74) is 5.03. The highest BCUT2D eigenvalue weighted by atomic mass is 16.5. The zero-order valence-electron chi connectivity index (χ0n) is 12.7. The Morgan fingerprint density at radius 1 is 1.00 bits per heavy atom. The van der Waals surface area contributed by atoms with Gasteiger partial charge in [0, 0.05) is 12.1 Å². The first kappa shape index (κ1) is 13.9. The Bertz CT molecular complexity index is 609. The number of hydrogen-bond donors (Lipinski definition) is 0. The topological polar surface area (TPSA) is 12.5 Å². The summed E-state index contributed by atoms with van der Waals surface area (Å²) in [6.07, 6.45) is 3.37. The van der Waals surface area contributed by atoms with Crippen molar-refractivity contribution in [1.29, 1.82) is 0 Å². The van der Waals surface area contributed by atoms with Crippen LogP contribution in [0.4, 0.5) is 0 Å². The highest BCUT2D eigenvalue weighted by molar-refractivity contribution is 5.84. The normalized spacial score (nSPS) is 15.3. The molecule has 0 aliphatic carbocycles. The SMILES string of the molecule is CN(C)[13CH2][13CH2][13CH]=C1c2ccccc2COc2ccccc21. The third-order valence-corrected chi connectivity index (χ3v) is 3.79. The largest absolute Gasteiger partial charge is 0.488 e. The van der Waals surface area contributed by atoms with Crippen molar-refractivity contribution in [2.24, 2.45) is 0 Å². The number of benzene rings is 2. The van der Waals surface area contributed by atoms with Crippen LogP contribution >= 0.6 is 0 Å². The van der Waals surface area contributed by atoms with E-state index in [1.807, 2.05) is 6.07 Å². The lowest BCUT2D eigenvalue weighted by atomic mass is 9.97. The molecule has 1 aliphatic heterocycles. The van der Waals surface area contributed by atoms with Crippen molar-refractivity contribution >= 4 is 5.57 Å². The van der Waals surface area contributed by atoms with Gasteiger partial charge in [-0.05, 0) is 43.3 Å². The Morgan fingerprint density at radius 3 is 2.52 bits per heavy atom. The van der Waals surface area contributed by atoms with E-state index in [1.54, 1.807) is 0 Å². The fourth-order valence-corrected chi connectivity index (χ4v) is 2.71. The second-order valence-corrected chi connectivity index (χ2v) is 5.65. The minimum atomic E-state index is 0.637. The van der Waals surface area contributed by atoms with Gasteiger partial charge in [-0.1, -0.05) is 48.5 Å². The van der Waals surface area contributed by atoms with Crippen LogP contribution in [0, 0.1) is 0 Å². The van der Waals surface area contributed by atoms with E-state index in [4.69, 9.17) is 4.74 Å². The highest BCUT2D eigenvalue weighted by Gasteiger charge is 2.17. The molecule has 3 rings (SSSR count). The quantitative estimate of drug-likeness (QED) is 0.790. The van der Waals surface area contributed by atoms with E-state index in [1.165, 1.54) is 22.3 Å². The fourth-order valence-electron chi connectivity index (χ4n) is 2.71. The fraction of sp³-hybridized carbons (Fsp3) is 0.263. The molecule has 0 spiro atoms. The predicted molar refractivity (Wildman–Crippen MR) is 87.5 cm³/mol. The molecule has 0 radical (unpaired) electrons. The molecule has 1 heterocycles. The Labute approximate surface area is 126 Å². The lowest BCUT2D eigenvalue weighted by Crippen LogP contribution is -2.12. The van der Waals surface area contributed by atoms with Crippen LogP contribution in [0.25, 0.3) is 5.57 Å². The first-order valence-electron chi connectivity index (χ1n) is 7.41. The second-order valence-electron chi connectivity index (χ2n) is 5.65. The maximum atomic E-state index is 5.98. The van der Waals surface area contributed by atoms with Gasteiger partial charge < -0.3 is 9.64 Å². The van der Waals surface area contributed by atoms with Gasteiger partial charge in [-0.2, -0.15) is 0 Å². The van der Waals surface area contributed by atoms with Crippen LogP contribution in [0.15, 0.2) is 54.6 Å².